The number of hydrogen-bond donors (Lipinski definition) is 1. The maximum atomic E-state index is 13.2. The van der Waals surface area contributed by atoms with Gasteiger partial charge in [-0.1, -0.05) is 18.6 Å². The molecule has 0 unspecified atom stereocenters. The Morgan fingerprint density at radius 2 is 1.71 bits per heavy atom. The van der Waals surface area contributed by atoms with Crippen LogP contribution in [0.15, 0.2) is 41.3 Å². The topological polar surface area (TPSA) is 88.2 Å². The summed E-state index contributed by atoms with van der Waals surface area (Å²) >= 11 is 0. The molecule has 0 spiro atoms. The van der Waals surface area contributed by atoms with Crippen LogP contribution < -0.4 is 14.8 Å². The van der Waals surface area contributed by atoms with E-state index < -0.39 is 10.0 Å². The monoisotopic (exact) mass is 489 g/mol. The first-order valence-corrected chi connectivity index (χ1v) is 12.9. The van der Waals surface area contributed by atoms with E-state index in [2.05, 4.69) is 5.32 Å². The van der Waals surface area contributed by atoms with Gasteiger partial charge in [0.25, 0.3) is 5.91 Å². The van der Waals surface area contributed by atoms with Gasteiger partial charge in [-0.2, -0.15) is 4.31 Å². The molecule has 3 rings (SSSR count). The van der Waals surface area contributed by atoms with Gasteiger partial charge in [-0.05, 0) is 69.3 Å². The Kier molecular flexibility index (Phi) is 8.57. The van der Waals surface area contributed by atoms with Gasteiger partial charge in [-0.25, -0.2) is 8.42 Å². The third-order valence-electron chi connectivity index (χ3n) is 6.25. The lowest BCUT2D eigenvalue weighted by atomic mass is 10.0. The van der Waals surface area contributed by atoms with Crippen molar-refractivity contribution in [1.82, 2.24) is 14.5 Å². The molecule has 0 radical (unpaired) electrons. The van der Waals surface area contributed by atoms with Gasteiger partial charge in [-0.3, -0.25) is 4.79 Å². The van der Waals surface area contributed by atoms with E-state index in [0.717, 1.165) is 24.8 Å². The lowest BCUT2D eigenvalue weighted by molar-refractivity contribution is 0.0941. The van der Waals surface area contributed by atoms with E-state index in [-0.39, 0.29) is 16.8 Å². The number of rotatable bonds is 9. The molecule has 34 heavy (non-hydrogen) atoms. The van der Waals surface area contributed by atoms with Crippen LogP contribution in [-0.4, -0.2) is 71.5 Å². The van der Waals surface area contributed by atoms with Crippen molar-refractivity contribution in [2.75, 3.05) is 47.9 Å². The third-order valence-corrected chi connectivity index (χ3v) is 8.30. The highest BCUT2D eigenvalue weighted by Gasteiger charge is 2.28. The van der Waals surface area contributed by atoms with Gasteiger partial charge in [0.05, 0.1) is 25.2 Å². The van der Waals surface area contributed by atoms with E-state index in [0.29, 0.717) is 42.3 Å². The fourth-order valence-electron chi connectivity index (χ4n) is 4.21. The molecule has 1 amide bonds. The van der Waals surface area contributed by atoms with Crippen molar-refractivity contribution >= 4 is 15.9 Å². The molecule has 0 aliphatic carbocycles. The third kappa shape index (κ3) is 5.71. The lowest BCUT2D eigenvalue weighted by Crippen LogP contribution is -2.36. The molecule has 0 aromatic heterocycles. The second-order valence-corrected chi connectivity index (χ2v) is 10.7. The van der Waals surface area contributed by atoms with Gasteiger partial charge in [0.15, 0.2) is 11.5 Å². The lowest BCUT2D eigenvalue weighted by Gasteiger charge is -2.27. The van der Waals surface area contributed by atoms with E-state index in [1.165, 1.54) is 10.4 Å². The number of nitrogens with zero attached hydrogens (tertiary/aromatic N) is 2. The number of aryl methyl sites for hydroxylation is 1. The number of sulfonamides is 1. The van der Waals surface area contributed by atoms with Crippen LogP contribution >= 0.6 is 0 Å². The number of piperidine rings is 1. The van der Waals surface area contributed by atoms with Gasteiger partial charge in [-0.15, -0.1) is 0 Å². The molecule has 1 fully saturated rings. The summed E-state index contributed by atoms with van der Waals surface area (Å²) in [5, 5.41) is 2.96. The summed E-state index contributed by atoms with van der Waals surface area (Å²) in [5.74, 6) is 0.932. The van der Waals surface area contributed by atoms with Gasteiger partial charge in [0, 0.05) is 25.2 Å². The van der Waals surface area contributed by atoms with Crippen molar-refractivity contribution < 1.29 is 22.7 Å². The number of carbonyl (C=O) groups excluding carboxylic acids is 1. The van der Waals surface area contributed by atoms with Gasteiger partial charge < -0.3 is 19.7 Å². The SMILES string of the molecule is COc1ccc([C@@H](CNC(=O)c2ccc(C)c(S(=O)(=O)N3CCCCC3)c2)N(C)C)cc1OC. The van der Waals surface area contributed by atoms with Gasteiger partial charge in [0.1, 0.15) is 0 Å². The average Bonchev–Trinajstić information content (AvgIpc) is 2.84. The first-order valence-electron chi connectivity index (χ1n) is 11.5. The van der Waals surface area contributed by atoms with Crippen LogP contribution in [0.1, 0.15) is 46.8 Å². The standard InChI is InChI=1S/C25H35N3O5S/c1-18-9-10-20(16-24(18)34(30,31)28-13-7-6-8-14-28)25(29)26-17-21(27(2)3)19-11-12-22(32-4)23(15-19)33-5/h9-12,15-16,21H,6-8,13-14,17H2,1-5H3,(H,26,29)/t21-/m1/s1. The van der Waals surface area contributed by atoms with Crippen molar-refractivity contribution in [2.45, 2.75) is 37.1 Å². The highest BCUT2D eigenvalue weighted by atomic mass is 32.2. The van der Waals surface area contributed by atoms with Crippen LogP contribution in [0.4, 0.5) is 0 Å². The number of nitrogens with one attached hydrogen (secondary N) is 1. The summed E-state index contributed by atoms with van der Waals surface area (Å²) in [5.41, 5.74) is 1.92. The van der Waals surface area contributed by atoms with Crippen LogP contribution in [0.2, 0.25) is 0 Å². The van der Waals surface area contributed by atoms with E-state index in [4.69, 9.17) is 9.47 Å². The minimum Gasteiger partial charge on any atom is -0.493 e. The molecule has 0 bridgehead atoms. The summed E-state index contributed by atoms with van der Waals surface area (Å²) in [6.45, 7) is 3.14. The molecular weight excluding hydrogens is 454 g/mol. The molecule has 1 aliphatic rings. The summed E-state index contributed by atoms with van der Waals surface area (Å²) in [6.07, 6.45) is 2.77. The molecule has 1 atom stereocenters. The van der Waals surface area contributed by atoms with Gasteiger partial charge in [0.2, 0.25) is 10.0 Å². The molecule has 8 nitrogen and oxygen atoms in total. The summed E-state index contributed by atoms with van der Waals surface area (Å²) in [7, 11) is 3.41. The first kappa shape index (κ1) is 26.0. The van der Waals surface area contributed by atoms with Crippen molar-refractivity contribution in [1.29, 1.82) is 0 Å². The molecule has 1 aliphatic heterocycles. The number of methoxy groups -OCH3 is 2. The smallest absolute Gasteiger partial charge is 0.251 e. The van der Waals surface area contributed by atoms with E-state index in [9.17, 15) is 13.2 Å². The maximum Gasteiger partial charge on any atom is 0.251 e. The fourth-order valence-corrected chi connectivity index (χ4v) is 5.98. The maximum absolute atomic E-state index is 13.2. The van der Waals surface area contributed by atoms with E-state index in [1.54, 1.807) is 33.3 Å². The molecule has 2 aromatic carbocycles. The summed E-state index contributed by atoms with van der Waals surface area (Å²) < 4.78 is 38.7. The van der Waals surface area contributed by atoms with Crippen molar-refractivity contribution in [3.63, 3.8) is 0 Å². The number of ether oxygens (including phenoxy) is 2. The zero-order valence-electron chi connectivity index (χ0n) is 20.6. The van der Waals surface area contributed by atoms with Crippen LogP contribution in [0, 0.1) is 6.92 Å². The minimum atomic E-state index is -3.63. The van der Waals surface area contributed by atoms with Crippen molar-refractivity contribution in [3.05, 3.63) is 53.1 Å². The number of carbonyl (C=O) groups is 1. The van der Waals surface area contributed by atoms with E-state index in [1.807, 2.05) is 37.2 Å². The summed E-state index contributed by atoms with van der Waals surface area (Å²) in [6, 6.07) is 10.4. The number of hydrogen-bond acceptors (Lipinski definition) is 6. The molecule has 0 saturated carbocycles. The van der Waals surface area contributed by atoms with Crippen LogP contribution in [-0.2, 0) is 10.0 Å². The minimum absolute atomic E-state index is 0.120. The molecule has 1 N–H and O–H groups in total. The Morgan fingerprint density at radius 1 is 1.03 bits per heavy atom. The fraction of sp³-hybridized carbons (Fsp3) is 0.480. The number of amides is 1. The van der Waals surface area contributed by atoms with Gasteiger partial charge >= 0.3 is 0 Å². The predicted molar refractivity (Wildman–Crippen MR) is 132 cm³/mol. The Morgan fingerprint density at radius 3 is 2.32 bits per heavy atom. The molecular formula is C25H35N3O5S. The van der Waals surface area contributed by atoms with Crippen LogP contribution in [0.5, 0.6) is 11.5 Å². The Hall–Kier alpha value is -2.62. The molecule has 9 heteroatoms. The van der Waals surface area contributed by atoms with Crippen molar-refractivity contribution in [2.24, 2.45) is 0 Å². The van der Waals surface area contributed by atoms with Crippen LogP contribution in [0.25, 0.3) is 0 Å². The van der Waals surface area contributed by atoms with E-state index >= 15 is 0 Å². The molecule has 2 aromatic rings. The zero-order valence-corrected chi connectivity index (χ0v) is 21.4. The van der Waals surface area contributed by atoms with Crippen molar-refractivity contribution in [3.8, 4) is 11.5 Å². The quantitative estimate of drug-likeness (QED) is 0.582. The Bertz CT molecular complexity index is 1110. The largest absolute Gasteiger partial charge is 0.493 e. The highest BCUT2D eigenvalue weighted by Crippen LogP contribution is 2.31. The zero-order chi connectivity index (χ0) is 24.9. The number of likely N-dealkylation sites (N-methyl/N-ethyl adjacent to an activating group) is 1. The van der Waals surface area contributed by atoms with Crippen LogP contribution in [0.3, 0.4) is 0 Å². The first-order chi connectivity index (χ1) is 16.2. The Labute approximate surface area is 202 Å². The predicted octanol–water partition coefficient (Wildman–Crippen LogP) is 3.22. The number of benzene rings is 2. The second kappa shape index (κ2) is 11.2. The Balaban J connectivity index is 1.79. The second-order valence-electron chi connectivity index (χ2n) is 8.75. The molecule has 186 valence electrons. The summed E-state index contributed by atoms with van der Waals surface area (Å²) in [4.78, 5) is 15.2. The molecule has 1 heterocycles. The normalized spacial score (nSPS) is 15.7. The molecule has 1 saturated heterocycles. The highest BCUT2D eigenvalue weighted by molar-refractivity contribution is 7.89. The average molecular weight is 490 g/mol.